The van der Waals surface area contributed by atoms with Crippen LogP contribution >= 0.6 is 0 Å². The lowest BCUT2D eigenvalue weighted by molar-refractivity contribution is -0.143. The maximum absolute atomic E-state index is 13.1. The molecule has 2 fully saturated rings. The topological polar surface area (TPSA) is 88.2 Å². The number of piperidine rings is 1. The minimum Gasteiger partial charge on any atom is -0.489 e. The van der Waals surface area contributed by atoms with Gasteiger partial charge in [0.05, 0.1) is 20.0 Å². The highest BCUT2D eigenvalue weighted by Gasteiger charge is 2.39. The van der Waals surface area contributed by atoms with Crippen LogP contribution in [0.15, 0.2) is 54.7 Å². The summed E-state index contributed by atoms with van der Waals surface area (Å²) >= 11 is 0. The van der Waals surface area contributed by atoms with Crippen molar-refractivity contribution >= 4 is 17.7 Å². The Morgan fingerprint density at radius 2 is 2.03 bits per heavy atom. The smallest absolute Gasteiger partial charge is 0.255 e. The van der Waals surface area contributed by atoms with Crippen LogP contribution in [0.2, 0.25) is 0 Å². The molecule has 2 aromatic rings. The van der Waals surface area contributed by atoms with Gasteiger partial charge in [0.15, 0.2) is 0 Å². The lowest BCUT2D eigenvalue weighted by Crippen LogP contribution is -2.49. The molecule has 8 heteroatoms. The fourth-order valence-electron chi connectivity index (χ4n) is 4.20. The van der Waals surface area contributed by atoms with Gasteiger partial charge in [-0.05, 0) is 36.1 Å². The Morgan fingerprint density at radius 3 is 2.85 bits per heavy atom. The van der Waals surface area contributed by atoms with Crippen LogP contribution in [0.3, 0.4) is 0 Å². The van der Waals surface area contributed by atoms with E-state index in [1.165, 1.54) is 21.9 Å². The third kappa shape index (κ3) is 4.41. The molecule has 2 unspecified atom stereocenters. The number of allylic oxidation sites excluding steroid dienone is 1. The lowest BCUT2D eigenvalue weighted by Gasteiger charge is -2.31. The Hall–Kier alpha value is -3.65. The number of carbonyl (C=O) groups is 3. The minimum atomic E-state index is -2.57. The summed E-state index contributed by atoms with van der Waals surface area (Å²) in [6.45, 7) is 0.296. The number of nitrogens with zero attached hydrogens (tertiary/aromatic N) is 2. The van der Waals surface area contributed by atoms with E-state index in [2.05, 4.69) is 11.9 Å². The van der Waals surface area contributed by atoms with E-state index in [0.717, 1.165) is 6.07 Å². The number of carbonyl (C=O) groups excluding carboxylic acids is 3. The average molecular weight is 467 g/mol. The molecule has 2 saturated heterocycles. The predicted molar refractivity (Wildman–Crippen MR) is 124 cm³/mol. The summed E-state index contributed by atoms with van der Waals surface area (Å²) in [6.07, 6.45) is 0.967. The molecule has 3 heterocycles. The molecule has 0 aromatic heterocycles. The molecule has 3 amide bonds. The quantitative estimate of drug-likeness (QED) is 0.706. The Bertz CT molecular complexity index is 1380. The molecule has 0 aliphatic carbocycles. The predicted octanol–water partition coefficient (Wildman–Crippen LogP) is 2.37. The third-order valence-electron chi connectivity index (χ3n) is 6.01. The van der Waals surface area contributed by atoms with Crippen molar-refractivity contribution in [1.29, 1.82) is 0 Å². The van der Waals surface area contributed by atoms with Gasteiger partial charge >= 0.3 is 0 Å². The molecule has 0 spiro atoms. The number of hydrogen-bond acceptors (Lipinski definition) is 5. The van der Waals surface area contributed by atoms with Crippen LogP contribution in [-0.2, 0) is 34.0 Å². The molecular formula is C26H27N3O5. The molecule has 8 nitrogen and oxygen atoms in total. The van der Waals surface area contributed by atoms with Crippen LogP contribution in [-0.4, -0.2) is 53.3 Å². The molecule has 2 atom stereocenters. The van der Waals surface area contributed by atoms with E-state index in [1.54, 1.807) is 12.1 Å². The van der Waals surface area contributed by atoms with E-state index in [1.807, 2.05) is 0 Å². The highest BCUT2D eigenvalue weighted by atomic mass is 16.5. The number of fused-ring (bicyclic) bond motifs is 1. The van der Waals surface area contributed by atoms with Crippen molar-refractivity contribution in [2.45, 2.75) is 38.5 Å². The standard InChI is InChI=1S/C26H27N3O5/c1-17-5-10-22(25(31)27-17)29-14-21-20(26(29)32)3-2-4-23(21)34-15-19-8-6-18(7-9-19)13-28-11-12-33-16-24(28)30/h2-4,6-9,22H,1,5,10-16H2,(H,27,31)/i6D,9D,13D,15D2. The number of nitrogens with one attached hydrogen (secondary N) is 1. The van der Waals surface area contributed by atoms with Gasteiger partial charge in [0.2, 0.25) is 11.8 Å². The Kier molecular flexibility index (Phi) is 4.62. The second-order valence-electron chi connectivity index (χ2n) is 8.28. The summed E-state index contributed by atoms with van der Waals surface area (Å²) in [5, 5.41) is 2.68. The van der Waals surface area contributed by atoms with E-state index < -0.39 is 25.0 Å². The minimum absolute atomic E-state index is 0.0510. The van der Waals surface area contributed by atoms with Gasteiger partial charge in [-0.2, -0.15) is 0 Å². The maximum Gasteiger partial charge on any atom is 0.255 e. The second kappa shape index (κ2) is 9.30. The van der Waals surface area contributed by atoms with E-state index in [-0.39, 0.29) is 67.1 Å². The van der Waals surface area contributed by atoms with Gasteiger partial charge < -0.3 is 24.6 Å². The zero-order valence-electron chi connectivity index (χ0n) is 23.4. The molecule has 0 bridgehead atoms. The van der Waals surface area contributed by atoms with E-state index in [4.69, 9.17) is 16.3 Å². The van der Waals surface area contributed by atoms with Crippen molar-refractivity contribution in [3.63, 3.8) is 0 Å². The van der Waals surface area contributed by atoms with E-state index >= 15 is 0 Å². The molecular weight excluding hydrogens is 434 g/mol. The molecule has 0 saturated carbocycles. The van der Waals surface area contributed by atoms with Crippen molar-refractivity contribution in [2.24, 2.45) is 0 Å². The van der Waals surface area contributed by atoms with Gasteiger partial charge in [-0.15, -0.1) is 0 Å². The van der Waals surface area contributed by atoms with Crippen molar-refractivity contribution < 1.29 is 30.7 Å². The Morgan fingerprint density at radius 1 is 1.21 bits per heavy atom. The van der Waals surface area contributed by atoms with Gasteiger partial charge in [-0.25, -0.2) is 0 Å². The maximum atomic E-state index is 13.1. The van der Waals surface area contributed by atoms with Crippen molar-refractivity contribution in [3.8, 4) is 5.75 Å². The first-order chi connectivity index (χ1) is 18.5. The van der Waals surface area contributed by atoms with E-state index in [9.17, 15) is 14.4 Å². The largest absolute Gasteiger partial charge is 0.489 e. The summed E-state index contributed by atoms with van der Waals surface area (Å²) < 4.78 is 53.4. The normalized spacial score (nSPS) is 23.9. The molecule has 5 rings (SSSR count). The highest BCUT2D eigenvalue weighted by molar-refractivity contribution is 6.02. The van der Waals surface area contributed by atoms with E-state index in [0.29, 0.717) is 29.7 Å². The first-order valence-electron chi connectivity index (χ1n) is 13.6. The average Bonchev–Trinajstić information content (AvgIpc) is 3.22. The van der Waals surface area contributed by atoms with Crippen molar-refractivity contribution in [3.05, 3.63) is 76.9 Å². The number of morpholine rings is 1. The van der Waals surface area contributed by atoms with Gasteiger partial charge in [0, 0.05) is 29.9 Å². The fraction of sp³-hybridized carbons (Fsp3) is 0.346. The summed E-state index contributed by atoms with van der Waals surface area (Å²) in [7, 11) is 0. The number of hydrogen-bond donors (Lipinski definition) is 1. The van der Waals surface area contributed by atoms with Gasteiger partial charge in [0.1, 0.15) is 25.0 Å². The summed E-state index contributed by atoms with van der Waals surface area (Å²) in [6, 6.07) is 5.80. The second-order valence-corrected chi connectivity index (χ2v) is 8.28. The zero-order valence-corrected chi connectivity index (χ0v) is 18.4. The van der Waals surface area contributed by atoms with Crippen LogP contribution in [0.5, 0.6) is 5.75 Å². The Balaban J connectivity index is 1.40. The number of ether oxygens (including phenoxy) is 2. The summed E-state index contributed by atoms with van der Waals surface area (Å²) in [4.78, 5) is 40.5. The summed E-state index contributed by atoms with van der Waals surface area (Å²) in [5.41, 5.74) is 1.17. The SMILES string of the molecule is [2H]c1cc(C([2H])([2H])Oc2cccc3c2CN(C2CCC(=C)NC2=O)C3=O)c([2H])cc1C([2H])N1CCOCC1=O. The number of amides is 3. The molecule has 3 aliphatic heterocycles. The van der Waals surface area contributed by atoms with Gasteiger partial charge in [-0.3, -0.25) is 14.4 Å². The van der Waals surface area contributed by atoms with Crippen LogP contribution in [0.25, 0.3) is 0 Å². The fourth-order valence-corrected chi connectivity index (χ4v) is 4.20. The van der Waals surface area contributed by atoms with Crippen LogP contribution in [0.4, 0.5) is 0 Å². The number of rotatable bonds is 6. The summed E-state index contributed by atoms with van der Waals surface area (Å²) in [5.74, 6) is -0.992. The van der Waals surface area contributed by atoms with Gasteiger partial charge in [0.25, 0.3) is 5.91 Å². The van der Waals surface area contributed by atoms with Crippen molar-refractivity contribution in [1.82, 2.24) is 15.1 Å². The highest BCUT2D eigenvalue weighted by Crippen LogP contribution is 2.34. The monoisotopic (exact) mass is 466 g/mol. The molecule has 34 heavy (non-hydrogen) atoms. The first-order valence-corrected chi connectivity index (χ1v) is 11.0. The molecule has 3 aliphatic rings. The molecule has 2 aromatic carbocycles. The van der Waals surface area contributed by atoms with Crippen LogP contribution < -0.4 is 10.1 Å². The van der Waals surface area contributed by atoms with Crippen LogP contribution in [0.1, 0.15) is 46.7 Å². The molecule has 176 valence electrons. The Labute approximate surface area is 205 Å². The number of benzene rings is 2. The van der Waals surface area contributed by atoms with Gasteiger partial charge in [-0.1, -0.05) is 36.9 Å². The lowest BCUT2D eigenvalue weighted by atomic mass is 10.0. The third-order valence-corrected chi connectivity index (χ3v) is 6.01. The first kappa shape index (κ1) is 16.9. The molecule has 1 N–H and O–H groups in total. The zero-order chi connectivity index (χ0) is 28.1. The van der Waals surface area contributed by atoms with Crippen LogP contribution in [0, 0.1) is 0 Å². The van der Waals surface area contributed by atoms with Crippen molar-refractivity contribution in [2.75, 3.05) is 19.8 Å². The molecule has 0 radical (unpaired) electrons.